The lowest BCUT2D eigenvalue weighted by atomic mass is 9.84. The van der Waals surface area contributed by atoms with Crippen LogP contribution in [0, 0.1) is 12.3 Å². The molecule has 1 aliphatic heterocycles. The highest BCUT2D eigenvalue weighted by Gasteiger charge is 2.44. The number of carboxylic acids is 1. The first-order chi connectivity index (χ1) is 9.47. The fraction of sp³-hybridized carbons (Fsp3) is 0.467. The predicted octanol–water partition coefficient (Wildman–Crippen LogP) is 2.78. The van der Waals surface area contributed by atoms with E-state index in [1.54, 1.807) is 28.4 Å². The van der Waals surface area contributed by atoms with Crippen molar-refractivity contribution < 1.29 is 14.7 Å². The van der Waals surface area contributed by atoms with Gasteiger partial charge in [0.05, 0.1) is 5.41 Å². The van der Waals surface area contributed by atoms with Crippen LogP contribution in [0.25, 0.3) is 6.08 Å². The average Bonchev–Trinajstić information content (AvgIpc) is 3.03. The molecule has 1 aromatic rings. The highest BCUT2D eigenvalue weighted by Crippen LogP contribution is 2.34. The van der Waals surface area contributed by atoms with Crippen LogP contribution in [0.15, 0.2) is 18.2 Å². The maximum absolute atomic E-state index is 12.1. The van der Waals surface area contributed by atoms with Gasteiger partial charge in [-0.1, -0.05) is 6.92 Å². The van der Waals surface area contributed by atoms with Crippen LogP contribution in [-0.2, 0) is 9.59 Å². The monoisotopic (exact) mass is 293 g/mol. The zero-order chi connectivity index (χ0) is 14.8. The molecule has 1 amide bonds. The molecule has 2 heterocycles. The Morgan fingerprint density at radius 1 is 1.50 bits per heavy atom. The van der Waals surface area contributed by atoms with Crippen molar-refractivity contribution in [3.05, 3.63) is 28.0 Å². The van der Waals surface area contributed by atoms with E-state index in [0.29, 0.717) is 25.9 Å². The van der Waals surface area contributed by atoms with Crippen molar-refractivity contribution in [3.8, 4) is 0 Å². The van der Waals surface area contributed by atoms with Gasteiger partial charge in [0.15, 0.2) is 0 Å². The summed E-state index contributed by atoms with van der Waals surface area (Å²) in [5.41, 5.74) is -0.761. The van der Waals surface area contributed by atoms with Crippen molar-refractivity contribution in [1.82, 2.24) is 4.90 Å². The molecule has 1 aromatic heterocycles. The number of likely N-dealkylation sites (tertiary alicyclic amines) is 1. The van der Waals surface area contributed by atoms with E-state index in [1.165, 1.54) is 4.88 Å². The number of carbonyl (C=O) groups excluding carboxylic acids is 1. The van der Waals surface area contributed by atoms with E-state index in [-0.39, 0.29) is 5.91 Å². The minimum atomic E-state index is -0.798. The molecular formula is C15H19NO3S. The second-order valence-corrected chi connectivity index (χ2v) is 6.55. The van der Waals surface area contributed by atoms with Gasteiger partial charge in [0.2, 0.25) is 5.91 Å². The lowest BCUT2D eigenvalue weighted by Gasteiger charge is -2.22. The van der Waals surface area contributed by atoms with Crippen LogP contribution >= 0.6 is 11.3 Å². The lowest BCUT2D eigenvalue weighted by Crippen LogP contribution is -2.35. The van der Waals surface area contributed by atoms with Crippen LogP contribution in [0.5, 0.6) is 0 Å². The fourth-order valence-electron chi connectivity index (χ4n) is 2.48. The van der Waals surface area contributed by atoms with Crippen LogP contribution in [0.2, 0.25) is 0 Å². The zero-order valence-corrected chi connectivity index (χ0v) is 12.6. The summed E-state index contributed by atoms with van der Waals surface area (Å²) < 4.78 is 0. The number of thiophene rings is 1. The van der Waals surface area contributed by atoms with Gasteiger partial charge in [-0.3, -0.25) is 9.59 Å². The number of amides is 1. The number of hydrogen-bond acceptors (Lipinski definition) is 3. The summed E-state index contributed by atoms with van der Waals surface area (Å²) in [6.45, 7) is 4.72. The number of carbonyl (C=O) groups is 2. The summed E-state index contributed by atoms with van der Waals surface area (Å²) >= 11 is 1.63. The maximum Gasteiger partial charge on any atom is 0.311 e. The van der Waals surface area contributed by atoms with E-state index < -0.39 is 11.4 Å². The third-order valence-corrected chi connectivity index (χ3v) is 4.91. The second-order valence-electron chi connectivity index (χ2n) is 5.23. The molecule has 2 rings (SSSR count). The maximum atomic E-state index is 12.1. The molecule has 1 saturated heterocycles. The largest absolute Gasteiger partial charge is 0.481 e. The summed E-state index contributed by atoms with van der Waals surface area (Å²) in [4.78, 5) is 27.3. The Morgan fingerprint density at radius 2 is 2.25 bits per heavy atom. The van der Waals surface area contributed by atoms with Gasteiger partial charge in [-0.05, 0) is 38.0 Å². The van der Waals surface area contributed by atoms with Crippen molar-refractivity contribution in [2.45, 2.75) is 26.7 Å². The van der Waals surface area contributed by atoms with Crippen LogP contribution in [-0.4, -0.2) is 35.0 Å². The molecule has 0 aliphatic carbocycles. The van der Waals surface area contributed by atoms with Gasteiger partial charge in [0, 0.05) is 28.9 Å². The van der Waals surface area contributed by atoms with Crippen LogP contribution in [0.1, 0.15) is 29.5 Å². The van der Waals surface area contributed by atoms with Gasteiger partial charge in [-0.25, -0.2) is 0 Å². The third kappa shape index (κ3) is 2.93. The molecule has 0 aromatic carbocycles. The van der Waals surface area contributed by atoms with Gasteiger partial charge in [0.25, 0.3) is 0 Å². The zero-order valence-electron chi connectivity index (χ0n) is 11.8. The number of carboxylic acid groups (broad SMARTS) is 1. The number of nitrogens with zero attached hydrogens (tertiary/aromatic N) is 1. The topological polar surface area (TPSA) is 57.6 Å². The van der Waals surface area contributed by atoms with Crippen molar-refractivity contribution in [3.63, 3.8) is 0 Å². The number of hydrogen-bond donors (Lipinski definition) is 1. The molecule has 1 N–H and O–H groups in total. The van der Waals surface area contributed by atoms with Gasteiger partial charge < -0.3 is 10.0 Å². The Bertz CT molecular complexity index is 549. The van der Waals surface area contributed by atoms with Crippen molar-refractivity contribution in [1.29, 1.82) is 0 Å². The van der Waals surface area contributed by atoms with Crippen LogP contribution in [0.3, 0.4) is 0 Å². The van der Waals surface area contributed by atoms with E-state index in [0.717, 1.165) is 4.88 Å². The average molecular weight is 293 g/mol. The van der Waals surface area contributed by atoms with Crippen molar-refractivity contribution in [2.24, 2.45) is 5.41 Å². The van der Waals surface area contributed by atoms with Crippen molar-refractivity contribution >= 4 is 29.3 Å². The lowest BCUT2D eigenvalue weighted by molar-refractivity contribution is -0.148. The molecule has 1 aliphatic rings. The van der Waals surface area contributed by atoms with Gasteiger partial charge >= 0.3 is 5.97 Å². The minimum Gasteiger partial charge on any atom is -0.481 e. The number of aliphatic carboxylic acids is 1. The highest BCUT2D eigenvalue weighted by molar-refractivity contribution is 7.12. The highest BCUT2D eigenvalue weighted by atomic mass is 32.1. The van der Waals surface area contributed by atoms with E-state index in [2.05, 4.69) is 0 Å². The molecular weight excluding hydrogens is 274 g/mol. The molecule has 4 nitrogen and oxygen atoms in total. The Morgan fingerprint density at radius 3 is 2.75 bits per heavy atom. The molecule has 5 heteroatoms. The SMILES string of the molecule is CCC1(C(=O)O)CCN(C(=O)C=Cc2ccc(C)s2)C1. The quantitative estimate of drug-likeness (QED) is 0.868. The molecule has 1 fully saturated rings. The Hall–Kier alpha value is -1.62. The number of rotatable bonds is 4. The summed E-state index contributed by atoms with van der Waals surface area (Å²) in [5, 5.41) is 9.32. The first kappa shape index (κ1) is 14.8. The molecule has 1 unspecified atom stereocenters. The first-order valence-electron chi connectivity index (χ1n) is 6.74. The minimum absolute atomic E-state index is 0.104. The Balaban J connectivity index is 2.01. The molecule has 1 atom stereocenters. The first-order valence-corrected chi connectivity index (χ1v) is 7.55. The van der Waals surface area contributed by atoms with Gasteiger partial charge in [0.1, 0.15) is 0 Å². The summed E-state index contributed by atoms with van der Waals surface area (Å²) in [7, 11) is 0. The smallest absolute Gasteiger partial charge is 0.311 e. The normalized spacial score (nSPS) is 22.6. The van der Waals surface area contributed by atoms with E-state index in [1.807, 2.05) is 26.0 Å². The molecule has 0 radical (unpaired) electrons. The van der Waals surface area contributed by atoms with Gasteiger partial charge in [-0.15, -0.1) is 11.3 Å². The predicted molar refractivity (Wildman–Crippen MR) is 79.6 cm³/mol. The summed E-state index contributed by atoms with van der Waals surface area (Å²) in [6.07, 6.45) is 4.43. The van der Waals surface area contributed by atoms with Gasteiger partial charge in [-0.2, -0.15) is 0 Å². The summed E-state index contributed by atoms with van der Waals surface area (Å²) in [6, 6.07) is 3.98. The van der Waals surface area contributed by atoms with Crippen molar-refractivity contribution in [2.75, 3.05) is 13.1 Å². The standard InChI is InChI=1S/C15H19NO3S/c1-3-15(14(18)19)8-9-16(10-15)13(17)7-6-12-5-4-11(2)20-12/h4-7H,3,8-10H2,1-2H3,(H,18,19). The molecule has 108 valence electrons. The molecule has 0 saturated carbocycles. The van der Waals surface area contributed by atoms with E-state index in [4.69, 9.17) is 0 Å². The summed E-state index contributed by atoms with van der Waals surface area (Å²) in [5.74, 6) is -0.902. The fourth-order valence-corrected chi connectivity index (χ4v) is 3.26. The Kier molecular flexibility index (Phi) is 4.28. The third-order valence-electron chi connectivity index (χ3n) is 3.95. The molecule has 20 heavy (non-hydrogen) atoms. The van der Waals surface area contributed by atoms with E-state index in [9.17, 15) is 14.7 Å². The Labute approximate surface area is 122 Å². The van der Waals surface area contributed by atoms with Crippen LogP contribution in [0.4, 0.5) is 0 Å². The van der Waals surface area contributed by atoms with E-state index >= 15 is 0 Å². The molecule has 0 spiro atoms. The number of aryl methyl sites for hydroxylation is 1. The van der Waals surface area contributed by atoms with Crippen LogP contribution < -0.4 is 0 Å². The molecule has 0 bridgehead atoms. The second kappa shape index (κ2) is 5.79.